The van der Waals surface area contributed by atoms with Crippen LogP contribution in [0.2, 0.25) is 0 Å². The second-order valence-corrected chi connectivity index (χ2v) is 6.23. The largest absolute Gasteiger partial charge is 0.379 e. The van der Waals surface area contributed by atoms with E-state index in [1.807, 2.05) is 6.07 Å². The number of hydrogen-bond donors (Lipinski definition) is 1. The van der Waals surface area contributed by atoms with Crippen LogP contribution >= 0.6 is 0 Å². The first-order chi connectivity index (χ1) is 11.4. The highest BCUT2D eigenvalue weighted by Crippen LogP contribution is 2.24. The molecule has 0 bridgehead atoms. The molecule has 1 N–H and O–H groups in total. The van der Waals surface area contributed by atoms with Gasteiger partial charge in [-0.05, 0) is 24.6 Å². The molecule has 2 saturated heterocycles. The lowest BCUT2D eigenvalue weighted by atomic mass is 10.1. The first kappa shape index (κ1) is 14.8. The fourth-order valence-corrected chi connectivity index (χ4v) is 3.21. The van der Waals surface area contributed by atoms with Gasteiger partial charge in [-0.25, -0.2) is 0 Å². The van der Waals surface area contributed by atoms with Gasteiger partial charge in [-0.2, -0.15) is 4.98 Å². The van der Waals surface area contributed by atoms with Crippen molar-refractivity contribution in [1.29, 1.82) is 0 Å². The second kappa shape index (κ2) is 6.78. The van der Waals surface area contributed by atoms with Crippen LogP contribution in [-0.4, -0.2) is 54.4 Å². The Morgan fingerprint density at radius 3 is 3.00 bits per heavy atom. The summed E-state index contributed by atoms with van der Waals surface area (Å²) in [5.74, 6) is 1.80. The maximum absolute atomic E-state index is 5.46. The van der Waals surface area contributed by atoms with Crippen molar-refractivity contribution in [3.8, 4) is 11.4 Å². The molecule has 23 heavy (non-hydrogen) atoms. The molecule has 0 radical (unpaired) electrons. The molecule has 0 amide bonds. The minimum atomic E-state index is 0.354. The van der Waals surface area contributed by atoms with Crippen molar-refractivity contribution in [2.24, 2.45) is 0 Å². The lowest BCUT2D eigenvalue weighted by Crippen LogP contribution is -2.35. The third-order valence-corrected chi connectivity index (χ3v) is 4.55. The van der Waals surface area contributed by atoms with Crippen LogP contribution in [0.15, 0.2) is 28.8 Å². The summed E-state index contributed by atoms with van der Waals surface area (Å²) >= 11 is 0. The number of nitrogens with one attached hydrogen (secondary N) is 1. The van der Waals surface area contributed by atoms with Crippen molar-refractivity contribution < 1.29 is 9.26 Å². The van der Waals surface area contributed by atoms with E-state index in [1.54, 1.807) is 0 Å². The van der Waals surface area contributed by atoms with E-state index in [1.165, 1.54) is 5.56 Å². The fraction of sp³-hybridized carbons (Fsp3) is 0.529. The monoisotopic (exact) mass is 314 g/mol. The molecule has 2 aromatic rings. The van der Waals surface area contributed by atoms with Gasteiger partial charge in [0.1, 0.15) is 0 Å². The summed E-state index contributed by atoms with van der Waals surface area (Å²) in [6, 6.07) is 8.43. The Morgan fingerprint density at radius 2 is 2.17 bits per heavy atom. The van der Waals surface area contributed by atoms with E-state index < -0.39 is 0 Å². The molecule has 1 atom stereocenters. The van der Waals surface area contributed by atoms with Gasteiger partial charge in [0.15, 0.2) is 0 Å². The van der Waals surface area contributed by atoms with Crippen molar-refractivity contribution in [2.75, 3.05) is 39.4 Å². The van der Waals surface area contributed by atoms with E-state index in [9.17, 15) is 0 Å². The Balaban J connectivity index is 1.49. The molecule has 6 heteroatoms. The molecule has 4 rings (SSSR count). The molecule has 1 aromatic heterocycles. The van der Waals surface area contributed by atoms with Gasteiger partial charge in [0, 0.05) is 31.7 Å². The van der Waals surface area contributed by atoms with Crippen LogP contribution in [0, 0.1) is 0 Å². The number of ether oxygens (including phenoxy) is 1. The number of hydrogen-bond acceptors (Lipinski definition) is 6. The highest BCUT2D eigenvalue weighted by Gasteiger charge is 2.23. The lowest BCUT2D eigenvalue weighted by Gasteiger charge is -2.26. The maximum atomic E-state index is 5.46. The van der Waals surface area contributed by atoms with Crippen molar-refractivity contribution in [1.82, 2.24) is 20.4 Å². The van der Waals surface area contributed by atoms with Crippen LogP contribution in [0.4, 0.5) is 0 Å². The van der Waals surface area contributed by atoms with Gasteiger partial charge in [-0.15, -0.1) is 0 Å². The molecular weight excluding hydrogens is 292 g/mol. The smallest absolute Gasteiger partial charge is 0.231 e. The predicted octanol–water partition coefficient (Wildman–Crippen LogP) is 1.65. The van der Waals surface area contributed by atoms with Gasteiger partial charge in [0.05, 0.1) is 19.1 Å². The highest BCUT2D eigenvalue weighted by molar-refractivity contribution is 5.55. The normalized spacial score (nSPS) is 22.5. The summed E-state index contributed by atoms with van der Waals surface area (Å²) < 4.78 is 10.9. The number of nitrogens with zero attached hydrogens (tertiary/aromatic N) is 3. The van der Waals surface area contributed by atoms with Crippen LogP contribution in [-0.2, 0) is 11.3 Å². The van der Waals surface area contributed by atoms with E-state index in [4.69, 9.17) is 9.26 Å². The zero-order chi connectivity index (χ0) is 15.5. The van der Waals surface area contributed by atoms with Gasteiger partial charge >= 0.3 is 0 Å². The zero-order valence-corrected chi connectivity index (χ0v) is 13.2. The topological polar surface area (TPSA) is 63.4 Å². The van der Waals surface area contributed by atoms with Crippen molar-refractivity contribution >= 4 is 0 Å². The lowest BCUT2D eigenvalue weighted by molar-refractivity contribution is 0.0342. The SMILES string of the molecule is c1cc(CN2CCOCC2)cc(-c2noc([C@@H]3CCNC3)n2)c1. The van der Waals surface area contributed by atoms with Gasteiger partial charge in [0.2, 0.25) is 11.7 Å². The fourth-order valence-electron chi connectivity index (χ4n) is 3.21. The third kappa shape index (κ3) is 3.44. The van der Waals surface area contributed by atoms with E-state index in [0.29, 0.717) is 11.7 Å². The Bertz CT molecular complexity index is 646. The van der Waals surface area contributed by atoms with Crippen molar-refractivity contribution in [3.63, 3.8) is 0 Å². The van der Waals surface area contributed by atoms with Gasteiger partial charge in [-0.1, -0.05) is 23.4 Å². The van der Waals surface area contributed by atoms with Crippen LogP contribution in [0.25, 0.3) is 11.4 Å². The van der Waals surface area contributed by atoms with Crippen molar-refractivity contribution in [2.45, 2.75) is 18.9 Å². The summed E-state index contributed by atoms with van der Waals surface area (Å²) in [7, 11) is 0. The van der Waals surface area contributed by atoms with Gasteiger partial charge in [-0.3, -0.25) is 4.90 Å². The molecule has 0 aliphatic carbocycles. The number of morpholine rings is 1. The van der Waals surface area contributed by atoms with E-state index in [2.05, 4.69) is 38.6 Å². The zero-order valence-electron chi connectivity index (χ0n) is 13.2. The van der Waals surface area contributed by atoms with Crippen LogP contribution < -0.4 is 5.32 Å². The molecule has 2 aliphatic rings. The average molecular weight is 314 g/mol. The molecular formula is C17H22N4O2. The molecule has 2 aliphatic heterocycles. The Morgan fingerprint density at radius 1 is 1.26 bits per heavy atom. The average Bonchev–Trinajstić information content (AvgIpc) is 3.28. The summed E-state index contributed by atoms with van der Waals surface area (Å²) in [5.41, 5.74) is 2.30. The van der Waals surface area contributed by atoms with Crippen molar-refractivity contribution in [3.05, 3.63) is 35.7 Å². The van der Waals surface area contributed by atoms with E-state index in [-0.39, 0.29) is 0 Å². The summed E-state index contributed by atoms with van der Waals surface area (Å²) in [4.78, 5) is 7.01. The van der Waals surface area contributed by atoms with Gasteiger partial charge in [0.25, 0.3) is 0 Å². The van der Waals surface area contributed by atoms with Crippen LogP contribution in [0.5, 0.6) is 0 Å². The number of benzene rings is 1. The minimum Gasteiger partial charge on any atom is -0.379 e. The molecule has 3 heterocycles. The highest BCUT2D eigenvalue weighted by atomic mass is 16.5. The Labute approximate surface area is 135 Å². The molecule has 0 unspecified atom stereocenters. The summed E-state index contributed by atoms with van der Waals surface area (Å²) in [5, 5.41) is 7.50. The van der Waals surface area contributed by atoms with Crippen LogP contribution in [0.1, 0.15) is 23.8 Å². The molecule has 6 nitrogen and oxygen atoms in total. The molecule has 0 spiro atoms. The first-order valence-electron chi connectivity index (χ1n) is 8.32. The number of rotatable bonds is 4. The quantitative estimate of drug-likeness (QED) is 0.926. The summed E-state index contributed by atoms with van der Waals surface area (Å²) in [6.45, 7) is 6.52. The second-order valence-electron chi connectivity index (χ2n) is 6.23. The predicted molar refractivity (Wildman–Crippen MR) is 86.1 cm³/mol. The molecule has 2 fully saturated rings. The maximum Gasteiger partial charge on any atom is 0.231 e. The van der Waals surface area contributed by atoms with Gasteiger partial charge < -0.3 is 14.6 Å². The third-order valence-electron chi connectivity index (χ3n) is 4.55. The van der Waals surface area contributed by atoms with E-state index >= 15 is 0 Å². The van der Waals surface area contributed by atoms with Crippen LogP contribution in [0.3, 0.4) is 0 Å². The Kier molecular flexibility index (Phi) is 4.37. The number of aromatic nitrogens is 2. The molecule has 122 valence electrons. The molecule has 0 saturated carbocycles. The molecule has 1 aromatic carbocycles. The Hall–Kier alpha value is -1.76. The van der Waals surface area contributed by atoms with E-state index in [0.717, 1.165) is 63.8 Å². The minimum absolute atomic E-state index is 0.354. The summed E-state index contributed by atoms with van der Waals surface area (Å²) in [6.07, 6.45) is 1.07. The first-order valence-corrected chi connectivity index (χ1v) is 8.32. The standard InChI is InChI=1S/C17H22N4O2/c1-2-13(12-21-6-8-22-9-7-21)10-14(3-1)16-19-17(23-20-16)15-4-5-18-11-15/h1-3,10,15,18H,4-9,11-12H2/t15-/m1/s1.